The fraction of sp³-hybridized carbons (Fsp3) is 0.211. The van der Waals surface area contributed by atoms with Crippen molar-refractivity contribution in [3.8, 4) is 28.7 Å². The summed E-state index contributed by atoms with van der Waals surface area (Å²) in [5.74, 6) is 1.40. The van der Waals surface area contributed by atoms with Gasteiger partial charge in [-0.15, -0.1) is 0 Å². The molecule has 1 heterocycles. The van der Waals surface area contributed by atoms with Gasteiger partial charge >= 0.3 is 0 Å². The Morgan fingerprint density at radius 2 is 1.64 bits per heavy atom. The van der Waals surface area contributed by atoms with Crippen molar-refractivity contribution in [3.63, 3.8) is 0 Å². The van der Waals surface area contributed by atoms with E-state index >= 15 is 0 Å². The fourth-order valence-electron chi connectivity index (χ4n) is 2.76. The largest absolute Gasteiger partial charge is 0.507 e. The molecule has 0 amide bonds. The maximum atomic E-state index is 12.5. The van der Waals surface area contributed by atoms with E-state index in [1.54, 1.807) is 24.3 Å². The van der Waals surface area contributed by atoms with Gasteiger partial charge in [0.1, 0.15) is 17.1 Å². The van der Waals surface area contributed by atoms with Crippen LogP contribution in [0.3, 0.4) is 0 Å². The lowest BCUT2D eigenvalue weighted by atomic mass is 10.1. The zero-order valence-electron chi connectivity index (χ0n) is 14.4. The number of hydrogen-bond donors (Lipinski definition) is 1. The molecule has 0 radical (unpaired) electrons. The molecule has 2 aromatic rings. The standard InChI is InChI=1S/C19H18O6/c1-10-5-12(20)17-13(6-10)25-14(18(17)21)7-11-8-15(22-2)19(24-4)16(9-11)23-3/h5-9,20H,1-4H3. The number of rotatable bonds is 4. The summed E-state index contributed by atoms with van der Waals surface area (Å²) in [5, 5.41) is 10.0. The summed E-state index contributed by atoms with van der Waals surface area (Å²) in [5.41, 5.74) is 1.62. The van der Waals surface area contributed by atoms with Gasteiger partial charge in [-0.3, -0.25) is 4.79 Å². The number of hydrogen-bond acceptors (Lipinski definition) is 6. The summed E-state index contributed by atoms with van der Waals surface area (Å²) in [6.07, 6.45) is 1.57. The van der Waals surface area contributed by atoms with Crippen molar-refractivity contribution in [2.75, 3.05) is 21.3 Å². The number of phenols is 1. The van der Waals surface area contributed by atoms with Crippen molar-refractivity contribution in [1.82, 2.24) is 0 Å². The number of allylic oxidation sites excluding steroid dienone is 1. The lowest BCUT2D eigenvalue weighted by Gasteiger charge is -2.13. The highest BCUT2D eigenvalue weighted by molar-refractivity contribution is 6.16. The van der Waals surface area contributed by atoms with Gasteiger partial charge in [-0.1, -0.05) is 0 Å². The van der Waals surface area contributed by atoms with Crippen molar-refractivity contribution in [2.24, 2.45) is 0 Å². The van der Waals surface area contributed by atoms with Crippen molar-refractivity contribution in [2.45, 2.75) is 6.92 Å². The second-order valence-electron chi connectivity index (χ2n) is 5.56. The van der Waals surface area contributed by atoms with Crippen molar-refractivity contribution in [1.29, 1.82) is 0 Å². The molecule has 6 nitrogen and oxygen atoms in total. The molecule has 0 aromatic heterocycles. The van der Waals surface area contributed by atoms with E-state index in [2.05, 4.69) is 0 Å². The number of carbonyl (C=O) groups excluding carboxylic acids is 1. The Balaban J connectivity index is 2.05. The van der Waals surface area contributed by atoms with Gasteiger partial charge in [-0.2, -0.15) is 0 Å². The molecule has 0 atom stereocenters. The van der Waals surface area contributed by atoms with Crippen LogP contribution in [0.5, 0.6) is 28.7 Å². The van der Waals surface area contributed by atoms with E-state index in [4.69, 9.17) is 18.9 Å². The van der Waals surface area contributed by atoms with E-state index in [0.29, 0.717) is 28.6 Å². The molecule has 25 heavy (non-hydrogen) atoms. The summed E-state index contributed by atoms with van der Waals surface area (Å²) < 4.78 is 21.5. The minimum Gasteiger partial charge on any atom is -0.507 e. The summed E-state index contributed by atoms with van der Waals surface area (Å²) in [6, 6.07) is 6.66. The Kier molecular flexibility index (Phi) is 4.27. The zero-order chi connectivity index (χ0) is 18.1. The molecule has 0 saturated carbocycles. The minimum absolute atomic E-state index is 0.0895. The third-order valence-electron chi connectivity index (χ3n) is 3.88. The van der Waals surface area contributed by atoms with Crippen LogP contribution in [0, 0.1) is 6.92 Å². The van der Waals surface area contributed by atoms with Crippen LogP contribution >= 0.6 is 0 Å². The zero-order valence-corrected chi connectivity index (χ0v) is 14.4. The SMILES string of the molecule is COc1cc(C=C2Oc3cc(C)cc(O)c3C2=O)cc(OC)c1OC. The first-order chi connectivity index (χ1) is 12.0. The van der Waals surface area contributed by atoms with Crippen LogP contribution in [-0.2, 0) is 0 Å². The molecule has 3 rings (SSSR count). The van der Waals surface area contributed by atoms with Crippen LogP contribution in [0.2, 0.25) is 0 Å². The average molecular weight is 342 g/mol. The van der Waals surface area contributed by atoms with Gasteiger partial charge in [0, 0.05) is 0 Å². The number of fused-ring (bicyclic) bond motifs is 1. The van der Waals surface area contributed by atoms with Crippen LogP contribution in [0.4, 0.5) is 0 Å². The number of carbonyl (C=O) groups is 1. The molecular formula is C19H18O6. The van der Waals surface area contributed by atoms with Crippen LogP contribution < -0.4 is 18.9 Å². The first-order valence-corrected chi connectivity index (χ1v) is 7.56. The number of aryl methyl sites for hydroxylation is 1. The van der Waals surface area contributed by atoms with Gasteiger partial charge in [0.05, 0.1) is 21.3 Å². The van der Waals surface area contributed by atoms with Gasteiger partial charge in [0.25, 0.3) is 0 Å². The molecular weight excluding hydrogens is 324 g/mol. The minimum atomic E-state index is -0.374. The van der Waals surface area contributed by atoms with Crippen LogP contribution in [0.25, 0.3) is 6.08 Å². The highest BCUT2D eigenvalue weighted by atomic mass is 16.5. The predicted octanol–water partition coefficient (Wildman–Crippen LogP) is 3.34. The van der Waals surface area contributed by atoms with Crippen LogP contribution in [-0.4, -0.2) is 32.2 Å². The number of benzene rings is 2. The normalized spacial score (nSPS) is 14.2. The molecule has 0 unspecified atom stereocenters. The third kappa shape index (κ3) is 2.87. The van der Waals surface area contributed by atoms with Gasteiger partial charge in [0.2, 0.25) is 11.5 Å². The number of aromatic hydroxyl groups is 1. The Hall–Kier alpha value is -3.15. The summed E-state index contributed by atoms with van der Waals surface area (Å²) in [7, 11) is 4.55. The molecule has 0 spiro atoms. The van der Waals surface area contributed by atoms with Gasteiger partial charge in [-0.05, 0) is 48.4 Å². The molecule has 0 aliphatic carbocycles. The van der Waals surface area contributed by atoms with E-state index in [1.807, 2.05) is 6.92 Å². The molecule has 0 fully saturated rings. The summed E-state index contributed by atoms with van der Waals surface area (Å²) in [4.78, 5) is 12.5. The monoisotopic (exact) mass is 342 g/mol. The smallest absolute Gasteiger partial charge is 0.235 e. The summed E-state index contributed by atoms with van der Waals surface area (Å²) in [6.45, 7) is 1.81. The van der Waals surface area contributed by atoms with Crippen molar-refractivity contribution < 1.29 is 28.8 Å². The van der Waals surface area contributed by atoms with E-state index in [9.17, 15) is 9.90 Å². The molecule has 0 bridgehead atoms. The van der Waals surface area contributed by atoms with Gasteiger partial charge < -0.3 is 24.1 Å². The first kappa shape index (κ1) is 16.7. The van der Waals surface area contributed by atoms with Crippen LogP contribution in [0.15, 0.2) is 30.0 Å². The molecule has 0 saturated heterocycles. The number of ketones is 1. The van der Waals surface area contributed by atoms with Crippen molar-refractivity contribution in [3.05, 3.63) is 46.7 Å². The van der Waals surface area contributed by atoms with Crippen molar-refractivity contribution >= 4 is 11.9 Å². The maximum absolute atomic E-state index is 12.5. The Labute approximate surface area is 145 Å². The Morgan fingerprint density at radius 3 is 2.20 bits per heavy atom. The van der Waals surface area contributed by atoms with E-state index in [-0.39, 0.29) is 22.9 Å². The summed E-state index contributed by atoms with van der Waals surface area (Å²) >= 11 is 0. The molecule has 6 heteroatoms. The second kappa shape index (κ2) is 6.39. The molecule has 130 valence electrons. The molecule has 1 aliphatic heterocycles. The average Bonchev–Trinajstić information content (AvgIpc) is 2.89. The van der Waals surface area contributed by atoms with Crippen LogP contribution in [0.1, 0.15) is 21.5 Å². The Bertz CT molecular complexity index is 857. The van der Waals surface area contributed by atoms with Gasteiger partial charge in [-0.25, -0.2) is 0 Å². The topological polar surface area (TPSA) is 74.2 Å². The molecule has 2 aromatic carbocycles. The Morgan fingerprint density at radius 1 is 1.00 bits per heavy atom. The molecule has 1 aliphatic rings. The number of Topliss-reactive ketones (excluding diaryl/α,β-unsaturated/α-hetero) is 1. The third-order valence-corrected chi connectivity index (χ3v) is 3.88. The molecule has 1 N–H and O–H groups in total. The number of phenolic OH excluding ortho intramolecular Hbond substituents is 1. The number of methoxy groups -OCH3 is 3. The first-order valence-electron chi connectivity index (χ1n) is 7.56. The lowest BCUT2D eigenvalue weighted by Crippen LogP contribution is -1.99. The number of ether oxygens (including phenoxy) is 4. The van der Waals surface area contributed by atoms with E-state index < -0.39 is 0 Å². The predicted molar refractivity (Wildman–Crippen MR) is 91.9 cm³/mol. The fourth-order valence-corrected chi connectivity index (χ4v) is 2.76. The maximum Gasteiger partial charge on any atom is 0.235 e. The van der Waals surface area contributed by atoms with E-state index in [1.165, 1.54) is 27.4 Å². The van der Waals surface area contributed by atoms with Gasteiger partial charge in [0.15, 0.2) is 17.3 Å². The highest BCUT2D eigenvalue weighted by Crippen LogP contribution is 2.41. The quantitative estimate of drug-likeness (QED) is 0.859. The van der Waals surface area contributed by atoms with E-state index in [0.717, 1.165) is 5.56 Å². The highest BCUT2D eigenvalue weighted by Gasteiger charge is 2.31. The second-order valence-corrected chi connectivity index (χ2v) is 5.56. The lowest BCUT2D eigenvalue weighted by molar-refractivity contribution is 0.101.